The highest BCUT2D eigenvalue weighted by Crippen LogP contribution is 2.25. The zero-order valence-corrected chi connectivity index (χ0v) is 14.4. The first-order chi connectivity index (χ1) is 11.2. The number of pyridine rings is 1. The quantitative estimate of drug-likeness (QED) is 0.876. The third-order valence-corrected chi connectivity index (χ3v) is 5.08. The Labute approximate surface area is 140 Å². The fraction of sp³-hybridized carbons (Fsp3) is 0.562. The topological polar surface area (TPSA) is 63.2 Å². The number of anilines is 1. The summed E-state index contributed by atoms with van der Waals surface area (Å²) in [6.07, 6.45) is 1.85. The Balaban J connectivity index is 1.70. The van der Waals surface area contributed by atoms with Crippen LogP contribution >= 0.6 is 11.3 Å². The van der Waals surface area contributed by atoms with Crippen molar-refractivity contribution in [3.05, 3.63) is 35.1 Å². The first-order valence-electron chi connectivity index (χ1n) is 8.04. The Hall–Kier alpha value is -1.57. The van der Waals surface area contributed by atoms with Gasteiger partial charge in [0, 0.05) is 31.7 Å². The van der Waals surface area contributed by atoms with Gasteiger partial charge in [-0.2, -0.15) is 0 Å². The van der Waals surface area contributed by atoms with E-state index >= 15 is 0 Å². The van der Waals surface area contributed by atoms with Crippen LogP contribution < -0.4 is 5.32 Å². The Morgan fingerprint density at radius 2 is 2.09 bits per heavy atom. The molecule has 1 aliphatic heterocycles. The van der Waals surface area contributed by atoms with Crippen molar-refractivity contribution in [2.45, 2.75) is 25.8 Å². The highest BCUT2D eigenvalue weighted by atomic mass is 32.1. The summed E-state index contributed by atoms with van der Waals surface area (Å²) in [7, 11) is 0. The van der Waals surface area contributed by atoms with E-state index in [9.17, 15) is 0 Å². The van der Waals surface area contributed by atoms with Crippen molar-refractivity contribution in [1.29, 1.82) is 0 Å². The molecule has 3 rings (SSSR count). The van der Waals surface area contributed by atoms with E-state index in [1.807, 2.05) is 18.3 Å². The minimum atomic E-state index is 0.214. The second kappa shape index (κ2) is 7.81. The van der Waals surface area contributed by atoms with Gasteiger partial charge in [-0.15, -0.1) is 10.2 Å². The second-order valence-electron chi connectivity index (χ2n) is 5.90. The summed E-state index contributed by atoms with van der Waals surface area (Å²) < 4.78 is 5.48. The van der Waals surface area contributed by atoms with Gasteiger partial charge in [-0.1, -0.05) is 31.3 Å². The molecule has 1 N–H and O–H groups in total. The Morgan fingerprint density at radius 1 is 1.26 bits per heavy atom. The molecule has 0 spiro atoms. The van der Waals surface area contributed by atoms with Gasteiger partial charge in [0.15, 0.2) is 0 Å². The van der Waals surface area contributed by atoms with Crippen molar-refractivity contribution in [1.82, 2.24) is 20.1 Å². The molecule has 1 aliphatic rings. The summed E-state index contributed by atoms with van der Waals surface area (Å²) in [5.74, 6) is 0.411. The molecule has 0 aliphatic carbocycles. The van der Waals surface area contributed by atoms with Crippen LogP contribution in [0.1, 0.15) is 36.5 Å². The summed E-state index contributed by atoms with van der Waals surface area (Å²) in [5, 5.41) is 13.9. The lowest BCUT2D eigenvalue weighted by Gasteiger charge is -2.34. The van der Waals surface area contributed by atoms with E-state index in [-0.39, 0.29) is 6.04 Å². The van der Waals surface area contributed by atoms with Crippen LogP contribution in [0.4, 0.5) is 5.13 Å². The molecule has 3 heterocycles. The van der Waals surface area contributed by atoms with E-state index in [2.05, 4.69) is 45.3 Å². The molecule has 0 aromatic carbocycles. The van der Waals surface area contributed by atoms with E-state index in [1.165, 1.54) is 0 Å². The molecule has 124 valence electrons. The van der Waals surface area contributed by atoms with Gasteiger partial charge in [0.1, 0.15) is 5.01 Å². The monoisotopic (exact) mass is 333 g/mol. The predicted molar refractivity (Wildman–Crippen MR) is 91.9 cm³/mol. The normalized spacial score (nSPS) is 17.3. The number of aromatic nitrogens is 3. The van der Waals surface area contributed by atoms with E-state index in [0.717, 1.165) is 48.7 Å². The lowest BCUT2D eigenvalue weighted by atomic mass is 10.1. The van der Waals surface area contributed by atoms with E-state index < -0.39 is 0 Å². The summed E-state index contributed by atoms with van der Waals surface area (Å²) in [4.78, 5) is 6.96. The fourth-order valence-corrected chi connectivity index (χ4v) is 3.36. The molecule has 0 bridgehead atoms. The summed E-state index contributed by atoms with van der Waals surface area (Å²) in [5.41, 5.74) is 1.08. The van der Waals surface area contributed by atoms with Gasteiger partial charge < -0.3 is 10.1 Å². The Bertz CT molecular complexity index is 598. The lowest BCUT2D eigenvalue weighted by molar-refractivity contribution is 0.0179. The Morgan fingerprint density at radius 3 is 2.74 bits per heavy atom. The number of nitrogens with zero attached hydrogens (tertiary/aromatic N) is 4. The molecule has 23 heavy (non-hydrogen) atoms. The minimum absolute atomic E-state index is 0.214. The first kappa shape index (κ1) is 16.3. The SMILES string of the molecule is CC(C)c1nnc(NC[C@H](c2ccccn2)N2CCOCC2)s1. The van der Waals surface area contributed by atoms with Crippen molar-refractivity contribution in [2.24, 2.45) is 0 Å². The summed E-state index contributed by atoms with van der Waals surface area (Å²) in [6.45, 7) is 8.44. The molecule has 0 amide bonds. The smallest absolute Gasteiger partial charge is 0.205 e. The third-order valence-electron chi connectivity index (χ3n) is 3.90. The number of hydrogen-bond acceptors (Lipinski definition) is 7. The third kappa shape index (κ3) is 4.25. The molecular formula is C16H23N5OS. The molecule has 6 nitrogen and oxygen atoms in total. The zero-order chi connectivity index (χ0) is 16.1. The average Bonchev–Trinajstić information content (AvgIpc) is 3.06. The molecule has 0 radical (unpaired) electrons. The van der Waals surface area contributed by atoms with Crippen molar-refractivity contribution in [3.8, 4) is 0 Å². The largest absolute Gasteiger partial charge is 0.379 e. The number of nitrogens with one attached hydrogen (secondary N) is 1. The van der Waals surface area contributed by atoms with E-state index in [1.54, 1.807) is 11.3 Å². The van der Waals surface area contributed by atoms with Crippen LogP contribution in [0.15, 0.2) is 24.4 Å². The highest BCUT2D eigenvalue weighted by molar-refractivity contribution is 7.15. The summed E-state index contributed by atoms with van der Waals surface area (Å²) in [6, 6.07) is 6.29. The first-order valence-corrected chi connectivity index (χ1v) is 8.85. The van der Waals surface area contributed by atoms with Gasteiger partial charge >= 0.3 is 0 Å². The Kier molecular flexibility index (Phi) is 5.53. The van der Waals surface area contributed by atoms with Crippen molar-refractivity contribution < 1.29 is 4.74 Å². The molecule has 1 atom stereocenters. The van der Waals surface area contributed by atoms with Crippen LogP contribution in [-0.4, -0.2) is 52.9 Å². The number of ether oxygens (including phenoxy) is 1. The number of morpholine rings is 1. The number of rotatable bonds is 6. The molecule has 1 fully saturated rings. The van der Waals surface area contributed by atoms with Crippen LogP contribution in [-0.2, 0) is 4.74 Å². The maximum atomic E-state index is 5.48. The molecule has 7 heteroatoms. The predicted octanol–water partition coefficient (Wildman–Crippen LogP) is 2.54. The standard InChI is InChI=1S/C16H23N5OS/c1-12(2)15-19-20-16(23-15)18-11-14(13-5-3-4-6-17-13)21-7-9-22-10-8-21/h3-6,12,14H,7-11H2,1-2H3,(H,18,20)/t14-/m1/s1. The minimum Gasteiger partial charge on any atom is -0.379 e. The van der Waals surface area contributed by atoms with Gasteiger partial charge in [-0.3, -0.25) is 9.88 Å². The highest BCUT2D eigenvalue weighted by Gasteiger charge is 2.23. The lowest BCUT2D eigenvalue weighted by Crippen LogP contribution is -2.41. The summed E-state index contributed by atoms with van der Waals surface area (Å²) >= 11 is 1.63. The zero-order valence-electron chi connectivity index (χ0n) is 13.6. The average molecular weight is 333 g/mol. The van der Waals surface area contributed by atoms with Crippen LogP contribution in [0.2, 0.25) is 0 Å². The van der Waals surface area contributed by atoms with Gasteiger partial charge in [-0.25, -0.2) is 0 Å². The molecular weight excluding hydrogens is 310 g/mol. The van der Waals surface area contributed by atoms with E-state index in [4.69, 9.17) is 4.74 Å². The van der Waals surface area contributed by atoms with Crippen LogP contribution in [0.3, 0.4) is 0 Å². The van der Waals surface area contributed by atoms with E-state index in [0.29, 0.717) is 5.92 Å². The van der Waals surface area contributed by atoms with Gasteiger partial charge in [0.2, 0.25) is 5.13 Å². The van der Waals surface area contributed by atoms with Crippen LogP contribution in [0.5, 0.6) is 0 Å². The fourth-order valence-electron chi connectivity index (χ4n) is 2.61. The molecule has 2 aromatic rings. The molecule has 0 unspecified atom stereocenters. The molecule has 0 saturated carbocycles. The van der Waals surface area contributed by atoms with Crippen molar-refractivity contribution >= 4 is 16.5 Å². The number of hydrogen-bond donors (Lipinski definition) is 1. The van der Waals surface area contributed by atoms with Gasteiger partial charge in [0.05, 0.1) is 24.9 Å². The maximum absolute atomic E-state index is 5.48. The van der Waals surface area contributed by atoms with Crippen LogP contribution in [0, 0.1) is 0 Å². The van der Waals surface area contributed by atoms with Crippen molar-refractivity contribution in [3.63, 3.8) is 0 Å². The maximum Gasteiger partial charge on any atom is 0.205 e. The van der Waals surface area contributed by atoms with Crippen LogP contribution in [0.25, 0.3) is 0 Å². The van der Waals surface area contributed by atoms with Gasteiger partial charge in [-0.05, 0) is 12.1 Å². The molecule has 1 saturated heterocycles. The van der Waals surface area contributed by atoms with Crippen molar-refractivity contribution in [2.75, 3.05) is 38.2 Å². The molecule has 2 aromatic heterocycles. The van der Waals surface area contributed by atoms with Gasteiger partial charge in [0.25, 0.3) is 0 Å². The second-order valence-corrected chi connectivity index (χ2v) is 6.91.